The quantitative estimate of drug-likeness (QED) is 0.801. The molecule has 0 spiro atoms. The summed E-state index contributed by atoms with van der Waals surface area (Å²) in [4.78, 5) is 15.5. The number of carbonyl (C=O) groups excluding carboxylic acids is 1. The lowest BCUT2D eigenvalue weighted by Crippen LogP contribution is -2.39. The van der Waals surface area contributed by atoms with E-state index in [1.54, 1.807) is 19.0 Å². The molecule has 7 nitrogen and oxygen atoms in total. The third kappa shape index (κ3) is 3.85. The van der Waals surface area contributed by atoms with Crippen LogP contribution < -0.4 is 0 Å². The highest BCUT2D eigenvalue weighted by atomic mass is 16.5. The van der Waals surface area contributed by atoms with Gasteiger partial charge >= 0.3 is 0 Å². The second kappa shape index (κ2) is 7.19. The lowest BCUT2D eigenvalue weighted by molar-refractivity contribution is -0.134. The lowest BCUT2D eigenvalue weighted by Gasteiger charge is -2.34. The topological polar surface area (TPSA) is 63.7 Å². The van der Waals surface area contributed by atoms with Gasteiger partial charge in [-0.2, -0.15) is 0 Å². The summed E-state index contributed by atoms with van der Waals surface area (Å²) in [5.74, 6) is 0.806. The normalized spacial score (nSPS) is 17.7. The molecular weight excluding hydrogens is 308 g/mol. The van der Waals surface area contributed by atoms with Crippen molar-refractivity contribution in [3.63, 3.8) is 0 Å². The molecule has 0 radical (unpaired) electrons. The molecule has 2 aromatic rings. The first-order valence-electron chi connectivity index (χ1n) is 8.11. The molecule has 0 fully saturated rings. The summed E-state index contributed by atoms with van der Waals surface area (Å²) in [5, 5.41) is 4.08. The predicted octanol–water partition coefficient (Wildman–Crippen LogP) is 1.45. The predicted molar refractivity (Wildman–Crippen MR) is 88.3 cm³/mol. The van der Waals surface area contributed by atoms with E-state index < -0.39 is 0 Å². The number of ether oxygens (including phenoxy) is 1. The van der Waals surface area contributed by atoms with E-state index in [2.05, 4.69) is 33.0 Å². The van der Waals surface area contributed by atoms with Crippen LogP contribution >= 0.6 is 0 Å². The van der Waals surface area contributed by atoms with Crippen molar-refractivity contribution < 1.29 is 14.1 Å². The van der Waals surface area contributed by atoms with E-state index in [1.165, 1.54) is 5.69 Å². The lowest BCUT2D eigenvalue weighted by atomic mass is 10.2. The molecule has 0 saturated heterocycles. The Balaban J connectivity index is 1.62. The van der Waals surface area contributed by atoms with Crippen molar-refractivity contribution in [1.82, 2.24) is 19.5 Å². The molecule has 0 aliphatic carbocycles. The Morgan fingerprint density at radius 2 is 2.33 bits per heavy atom. The number of hydrogen-bond acceptors (Lipinski definition) is 5. The molecule has 0 bridgehead atoms. The van der Waals surface area contributed by atoms with Gasteiger partial charge in [0.15, 0.2) is 0 Å². The maximum Gasteiger partial charge on any atom is 0.248 e. The van der Waals surface area contributed by atoms with Gasteiger partial charge in [0.2, 0.25) is 5.91 Å². The molecule has 2 aromatic heterocycles. The second-order valence-electron chi connectivity index (χ2n) is 6.46. The van der Waals surface area contributed by atoms with E-state index >= 15 is 0 Å². The van der Waals surface area contributed by atoms with Crippen molar-refractivity contribution in [1.29, 1.82) is 0 Å². The fraction of sp³-hybridized carbons (Fsp3) is 0.529. The number of aromatic nitrogens is 2. The maximum absolute atomic E-state index is 11.7. The zero-order valence-electron chi connectivity index (χ0n) is 14.4. The van der Waals surface area contributed by atoms with Gasteiger partial charge in [0.05, 0.1) is 18.3 Å². The zero-order valence-corrected chi connectivity index (χ0v) is 14.4. The minimum atomic E-state index is -0.0199. The Bertz CT molecular complexity index is 692. The number of nitrogens with zero attached hydrogens (tertiary/aromatic N) is 4. The van der Waals surface area contributed by atoms with Crippen LogP contribution in [0.15, 0.2) is 28.9 Å². The largest absolute Gasteiger partial charge is 0.369 e. The first kappa shape index (κ1) is 16.7. The Kier molecular flexibility index (Phi) is 5.01. The molecule has 7 heteroatoms. The van der Waals surface area contributed by atoms with Crippen molar-refractivity contribution in [2.24, 2.45) is 0 Å². The third-order valence-electron chi connectivity index (χ3n) is 4.21. The van der Waals surface area contributed by atoms with Crippen LogP contribution in [0.2, 0.25) is 0 Å². The zero-order chi connectivity index (χ0) is 17.1. The standard InChI is InChI=1S/C17H24N4O3/c1-13-7-14(18-24-13)8-20-9-15-5-4-6-21(15)16(10-20)11-23-12-17(22)19(2)3/h4-7,16H,8-12H2,1-3H3. The molecule has 0 aromatic carbocycles. The molecule has 1 aliphatic rings. The van der Waals surface area contributed by atoms with E-state index in [9.17, 15) is 4.79 Å². The van der Waals surface area contributed by atoms with Crippen LogP contribution in [0, 0.1) is 6.92 Å². The number of likely N-dealkylation sites (N-methyl/N-ethyl adjacent to an activating group) is 1. The summed E-state index contributed by atoms with van der Waals surface area (Å²) >= 11 is 0. The van der Waals surface area contributed by atoms with Gasteiger partial charge < -0.3 is 18.7 Å². The molecule has 0 saturated carbocycles. The third-order valence-corrected chi connectivity index (χ3v) is 4.21. The monoisotopic (exact) mass is 332 g/mol. The number of carbonyl (C=O) groups is 1. The van der Waals surface area contributed by atoms with Crippen LogP contribution in [-0.4, -0.2) is 59.3 Å². The first-order chi connectivity index (χ1) is 11.5. The van der Waals surface area contributed by atoms with Crippen molar-refractivity contribution in [2.75, 3.05) is 33.9 Å². The molecular formula is C17H24N4O3. The summed E-state index contributed by atoms with van der Waals surface area (Å²) in [6.07, 6.45) is 2.08. The highest BCUT2D eigenvalue weighted by Gasteiger charge is 2.25. The van der Waals surface area contributed by atoms with Crippen LogP contribution in [0.5, 0.6) is 0 Å². The summed E-state index contributed by atoms with van der Waals surface area (Å²) in [6.45, 7) is 4.99. The fourth-order valence-electron chi connectivity index (χ4n) is 2.99. The first-order valence-corrected chi connectivity index (χ1v) is 8.11. The maximum atomic E-state index is 11.7. The van der Waals surface area contributed by atoms with Crippen LogP contribution in [0.25, 0.3) is 0 Å². The van der Waals surface area contributed by atoms with E-state index in [1.807, 2.05) is 13.0 Å². The highest BCUT2D eigenvalue weighted by Crippen LogP contribution is 2.23. The van der Waals surface area contributed by atoms with Gasteiger partial charge in [0.25, 0.3) is 0 Å². The van der Waals surface area contributed by atoms with E-state index in [0.717, 1.165) is 31.1 Å². The van der Waals surface area contributed by atoms with Gasteiger partial charge in [0, 0.05) is 51.7 Å². The van der Waals surface area contributed by atoms with E-state index in [4.69, 9.17) is 9.26 Å². The van der Waals surface area contributed by atoms with Gasteiger partial charge in [-0.25, -0.2) is 0 Å². The number of rotatable bonds is 6. The smallest absolute Gasteiger partial charge is 0.248 e. The second-order valence-corrected chi connectivity index (χ2v) is 6.46. The summed E-state index contributed by atoms with van der Waals surface area (Å²) in [7, 11) is 3.47. The summed E-state index contributed by atoms with van der Waals surface area (Å²) in [6, 6.07) is 6.33. The highest BCUT2D eigenvalue weighted by molar-refractivity contribution is 5.76. The van der Waals surface area contributed by atoms with Crippen molar-refractivity contribution in [2.45, 2.75) is 26.1 Å². The average Bonchev–Trinajstić information content (AvgIpc) is 3.16. The Morgan fingerprint density at radius 1 is 1.50 bits per heavy atom. The SMILES string of the molecule is Cc1cc(CN2Cc3cccn3C(COCC(=O)N(C)C)C2)no1. The molecule has 1 amide bonds. The molecule has 130 valence electrons. The van der Waals surface area contributed by atoms with E-state index in [-0.39, 0.29) is 18.6 Å². The molecule has 1 unspecified atom stereocenters. The molecule has 3 rings (SSSR count). The van der Waals surface area contributed by atoms with Gasteiger partial charge in [-0.3, -0.25) is 9.69 Å². The number of amides is 1. The minimum Gasteiger partial charge on any atom is -0.369 e. The van der Waals surface area contributed by atoms with Gasteiger partial charge in [-0.15, -0.1) is 0 Å². The summed E-state index contributed by atoms with van der Waals surface area (Å²) < 4.78 is 13.0. The Morgan fingerprint density at radius 3 is 3.04 bits per heavy atom. The minimum absolute atomic E-state index is 0.0199. The number of hydrogen-bond donors (Lipinski definition) is 0. The fourth-order valence-corrected chi connectivity index (χ4v) is 2.99. The van der Waals surface area contributed by atoms with Crippen LogP contribution in [0.1, 0.15) is 23.2 Å². The molecule has 0 N–H and O–H groups in total. The van der Waals surface area contributed by atoms with Gasteiger partial charge in [0.1, 0.15) is 12.4 Å². The van der Waals surface area contributed by atoms with Crippen molar-refractivity contribution in [3.8, 4) is 0 Å². The van der Waals surface area contributed by atoms with Crippen molar-refractivity contribution >= 4 is 5.91 Å². The van der Waals surface area contributed by atoms with Crippen LogP contribution in [0.3, 0.4) is 0 Å². The molecule has 3 heterocycles. The van der Waals surface area contributed by atoms with E-state index in [0.29, 0.717) is 6.61 Å². The van der Waals surface area contributed by atoms with Gasteiger partial charge in [-0.1, -0.05) is 5.16 Å². The van der Waals surface area contributed by atoms with Gasteiger partial charge in [-0.05, 0) is 19.1 Å². The Labute approximate surface area is 141 Å². The Hall–Kier alpha value is -2.12. The van der Waals surface area contributed by atoms with Crippen LogP contribution in [0.4, 0.5) is 0 Å². The number of fused-ring (bicyclic) bond motifs is 1. The molecule has 1 atom stereocenters. The summed E-state index contributed by atoms with van der Waals surface area (Å²) in [5.41, 5.74) is 2.18. The van der Waals surface area contributed by atoms with Crippen molar-refractivity contribution in [3.05, 3.63) is 41.5 Å². The molecule has 24 heavy (non-hydrogen) atoms. The number of aryl methyl sites for hydroxylation is 1. The molecule has 1 aliphatic heterocycles. The van der Waals surface area contributed by atoms with Crippen LogP contribution in [-0.2, 0) is 22.6 Å². The average molecular weight is 332 g/mol.